The third kappa shape index (κ3) is 3.42. The molecule has 6 nitrogen and oxygen atoms in total. The van der Waals surface area contributed by atoms with Crippen molar-refractivity contribution in [2.75, 3.05) is 13.6 Å². The van der Waals surface area contributed by atoms with Gasteiger partial charge >= 0.3 is 0 Å². The van der Waals surface area contributed by atoms with Crippen molar-refractivity contribution < 1.29 is 22.8 Å². The highest BCUT2D eigenvalue weighted by atomic mass is 32.1. The van der Waals surface area contributed by atoms with E-state index in [-0.39, 0.29) is 49.2 Å². The summed E-state index contributed by atoms with van der Waals surface area (Å²) in [7, 11) is 3.42. The number of nitrogens with zero attached hydrogens (tertiary/aromatic N) is 3. The number of hydrogen-bond donors (Lipinski definition) is 1. The maximum Gasteiger partial charge on any atom is 0.226 e. The van der Waals surface area contributed by atoms with E-state index in [0.717, 1.165) is 12.1 Å². The van der Waals surface area contributed by atoms with E-state index in [1.54, 1.807) is 28.1 Å². The molecule has 0 radical (unpaired) electrons. The minimum Gasteiger partial charge on any atom is -0.351 e. The molecule has 160 valence electrons. The van der Waals surface area contributed by atoms with Gasteiger partial charge in [-0.05, 0) is 30.8 Å². The second-order valence-corrected chi connectivity index (χ2v) is 8.29. The molecule has 10 heteroatoms. The third-order valence-electron chi connectivity index (χ3n) is 5.95. The maximum absolute atomic E-state index is 14.3. The molecule has 1 fully saturated rings. The van der Waals surface area contributed by atoms with Gasteiger partial charge in [0.15, 0.2) is 16.4 Å². The molecule has 0 bridgehead atoms. The van der Waals surface area contributed by atoms with Crippen LogP contribution in [-0.4, -0.2) is 45.5 Å². The number of carbonyl (C=O) groups is 2. The molecule has 30 heavy (non-hydrogen) atoms. The Kier molecular flexibility index (Phi) is 5.21. The lowest BCUT2D eigenvalue weighted by Crippen LogP contribution is -2.37. The number of fused-ring (bicyclic) bond motifs is 1. The van der Waals surface area contributed by atoms with Gasteiger partial charge in [-0.15, -0.1) is 0 Å². The Labute approximate surface area is 176 Å². The van der Waals surface area contributed by atoms with Crippen molar-refractivity contribution in [1.29, 1.82) is 0 Å². The Morgan fingerprint density at radius 2 is 1.87 bits per heavy atom. The van der Waals surface area contributed by atoms with Gasteiger partial charge in [-0.25, -0.2) is 13.2 Å². The number of benzene rings is 1. The van der Waals surface area contributed by atoms with Gasteiger partial charge in [0.25, 0.3) is 0 Å². The van der Waals surface area contributed by atoms with E-state index in [0.29, 0.717) is 22.7 Å². The summed E-state index contributed by atoms with van der Waals surface area (Å²) in [4.78, 5) is 25.8. The van der Waals surface area contributed by atoms with Gasteiger partial charge in [0.2, 0.25) is 11.8 Å². The van der Waals surface area contributed by atoms with Gasteiger partial charge in [0, 0.05) is 56.5 Å². The number of likely N-dealkylation sites (tertiary alicyclic amines) is 1. The van der Waals surface area contributed by atoms with Gasteiger partial charge in [-0.3, -0.25) is 9.59 Å². The van der Waals surface area contributed by atoms with Gasteiger partial charge < -0.3 is 19.4 Å². The zero-order valence-corrected chi connectivity index (χ0v) is 17.4. The lowest BCUT2D eigenvalue weighted by Gasteiger charge is -2.14. The van der Waals surface area contributed by atoms with E-state index in [9.17, 15) is 22.8 Å². The molecule has 1 aromatic carbocycles. The molecule has 2 atom stereocenters. The quantitative estimate of drug-likeness (QED) is 0.588. The van der Waals surface area contributed by atoms with Crippen molar-refractivity contribution in [1.82, 2.24) is 19.4 Å². The second-order valence-electron chi connectivity index (χ2n) is 7.92. The van der Waals surface area contributed by atoms with E-state index >= 15 is 0 Å². The van der Waals surface area contributed by atoms with Crippen LogP contribution in [0.3, 0.4) is 0 Å². The summed E-state index contributed by atoms with van der Waals surface area (Å²) >= 11 is 5.44. The molecule has 2 amide bonds. The topological polar surface area (TPSA) is 59.3 Å². The lowest BCUT2D eigenvalue weighted by molar-refractivity contribution is -0.126. The summed E-state index contributed by atoms with van der Waals surface area (Å²) in [5, 5.41) is 2.86. The maximum atomic E-state index is 14.3. The van der Waals surface area contributed by atoms with Crippen LogP contribution in [0.1, 0.15) is 29.3 Å². The normalized spacial score (nSPS) is 20.7. The molecule has 1 N–H and O–H groups in total. The molecule has 0 saturated carbocycles. The first kappa shape index (κ1) is 20.6. The fraction of sp³-hybridized carbons (Fsp3) is 0.450. The van der Waals surface area contributed by atoms with Crippen LogP contribution < -0.4 is 5.32 Å². The standard InChI is InChI=1S/C20H21F3N4O2S/c1-25-9-11(6-17(25)29)24-16(28)7-14-15-5-10(8-27(15)20(30)26(14)2)18-12(21)3-4-13(22)19(18)23/h3-4,10-11H,5-9H2,1-2H3,(H,24,28). The SMILES string of the molecule is CN1CC(NC(=O)Cc2c3n(c(=S)n2C)CC(c2c(F)ccc(F)c2F)C3)CC1=O. The Morgan fingerprint density at radius 1 is 1.17 bits per heavy atom. The van der Waals surface area contributed by atoms with Crippen molar-refractivity contribution in [3.05, 3.63) is 51.3 Å². The van der Waals surface area contributed by atoms with Crippen molar-refractivity contribution in [2.24, 2.45) is 7.05 Å². The highest BCUT2D eigenvalue weighted by Crippen LogP contribution is 2.36. The van der Waals surface area contributed by atoms with Crippen LogP contribution in [-0.2, 0) is 36.0 Å². The number of aromatic nitrogens is 2. The van der Waals surface area contributed by atoms with Crippen LogP contribution in [0.4, 0.5) is 13.2 Å². The summed E-state index contributed by atoms with van der Waals surface area (Å²) < 4.78 is 46.1. The summed E-state index contributed by atoms with van der Waals surface area (Å²) in [5.74, 6) is -3.96. The van der Waals surface area contributed by atoms with Crippen LogP contribution in [0.5, 0.6) is 0 Å². The lowest BCUT2D eigenvalue weighted by atomic mass is 9.95. The van der Waals surface area contributed by atoms with Crippen LogP contribution in [0.2, 0.25) is 0 Å². The molecular formula is C20H21F3N4O2S. The molecule has 0 spiro atoms. The van der Waals surface area contributed by atoms with Gasteiger partial charge in [-0.1, -0.05) is 0 Å². The first-order valence-corrected chi connectivity index (χ1v) is 10.0. The molecule has 2 unspecified atom stereocenters. The van der Waals surface area contributed by atoms with Gasteiger partial charge in [0.1, 0.15) is 5.82 Å². The zero-order valence-electron chi connectivity index (χ0n) is 16.5. The number of likely N-dealkylation sites (N-methyl/N-ethyl adjacent to an activating group) is 1. The van der Waals surface area contributed by atoms with Crippen molar-refractivity contribution in [2.45, 2.75) is 37.8 Å². The fourth-order valence-electron chi connectivity index (χ4n) is 4.42. The fourth-order valence-corrected chi connectivity index (χ4v) is 4.71. The molecule has 0 aliphatic carbocycles. The smallest absolute Gasteiger partial charge is 0.226 e. The molecule has 1 aromatic heterocycles. The van der Waals surface area contributed by atoms with Crippen molar-refractivity contribution in [3.63, 3.8) is 0 Å². The first-order chi connectivity index (χ1) is 14.2. The molecule has 4 rings (SSSR count). The summed E-state index contributed by atoms with van der Waals surface area (Å²) in [6.07, 6.45) is 0.529. The Bertz CT molecular complexity index is 1110. The Balaban J connectivity index is 1.56. The minimum absolute atomic E-state index is 0.0227. The number of rotatable bonds is 4. The van der Waals surface area contributed by atoms with Crippen LogP contribution in [0.25, 0.3) is 0 Å². The summed E-state index contributed by atoms with van der Waals surface area (Å²) in [5.41, 5.74) is 1.07. The van der Waals surface area contributed by atoms with E-state index in [4.69, 9.17) is 12.2 Å². The first-order valence-electron chi connectivity index (χ1n) is 9.61. The predicted molar refractivity (Wildman–Crippen MR) is 105 cm³/mol. The van der Waals surface area contributed by atoms with E-state index in [2.05, 4.69) is 5.32 Å². The van der Waals surface area contributed by atoms with Gasteiger partial charge in [0.05, 0.1) is 12.5 Å². The monoisotopic (exact) mass is 438 g/mol. The molecular weight excluding hydrogens is 417 g/mol. The highest BCUT2D eigenvalue weighted by molar-refractivity contribution is 7.71. The Morgan fingerprint density at radius 3 is 2.53 bits per heavy atom. The highest BCUT2D eigenvalue weighted by Gasteiger charge is 2.34. The summed E-state index contributed by atoms with van der Waals surface area (Å²) in [6.45, 7) is 0.667. The van der Waals surface area contributed by atoms with E-state index in [1.165, 1.54) is 0 Å². The average Bonchev–Trinajstić information content (AvgIpc) is 3.30. The number of hydrogen-bond acceptors (Lipinski definition) is 3. The number of nitrogens with one attached hydrogen (secondary N) is 1. The molecule has 3 heterocycles. The molecule has 2 aromatic rings. The van der Waals surface area contributed by atoms with E-state index in [1.807, 2.05) is 0 Å². The van der Waals surface area contributed by atoms with Crippen LogP contribution in [0.15, 0.2) is 12.1 Å². The summed E-state index contributed by atoms with van der Waals surface area (Å²) in [6, 6.07) is 1.44. The minimum atomic E-state index is -1.18. The van der Waals surface area contributed by atoms with Crippen molar-refractivity contribution in [3.8, 4) is 0 Å². The average molecular weight is 438 g/mol. The van der Waals surface area contributed by atoms with Crippen LogP contribution in [0, 0.1) is 22.2 Å². The number of amides is 2. The zero-order chi connectivity index (χ0) is 21.7. The number of halogens is 3. The van der Waals surface area contributed by atoms with Crippen LogP contribution >= 0.6 is 12.2 Å². The number of carbonyl (C=O) groups excluding carboxylic acids is 2. The predicted octanol–water partition coefficient (Wildman–Crippen LogP) is 2.20. The van der Waals surface area contributed by atoms with Crippen molar-refractivity contribution >= 4 is 24.0 Å². The second kappa shape index (κ2) is 7.57. The molecule has 1 saturated heterocycles. The largest absolute Gasteiger partial charge is 0.351 e. The Hall–Kier alpha value is -2.62. The molecule has 2 aliphatic rings. The van der Waals surface area contributed by atoms with Gasteiger partial charge in [-0.2, -0.15) is 0 Å². The number of imidazole rings is 1. The third-order valence-corrected chi connectivity index (χ3v) is 6.44. The molecule has 2 aliphatic heterocycles. The van der Waals surface area contributed by atoms with E-state index < -0.39 is 23.4 Å².